The summed E-state index contributed by atoms with van der Waals surface area (Å²) in [5.41, 5.74) is 0.769. The van der Waals surface area contributed by atoms with Crippen LogP contribution in [0.15, 0.2) is 50.7 Å². The number of halogens is 2. The average Bonchev–Trinajstić information content (AvgIpc) is 3.33. The van der Waals surface area contributed by atoms with E-state index < -0.39 is 12.0 Å². The quantitative estimate of drug-likeness (QED) is 0.581. The number of carbonyl (C=O) groups is 1. The third kappa shape index (κ3) is 3.50. The fourth-order valence-corrected chi connectivity index (χ4v) is 5.62. The molecule has 1 unspecified atom stereocenters. The zero-order chi connectivity index (χ0) is 21.6. The van der Waals surface area contributed by atoms with Crippen LogP contribution in [0.1, 0.15) is 23.4 Å². The zero-order valence-corrected chi connectivity index (χ0v) is 18.8. The van der Waals surface area contributed by atoms with Gasteiger partial charge in [0.05, 0.1) is 27.9 Å². The summed E-state index contributed by atoms with van der Waals surface area (Å²) in [5.74, 6) is -0.712. The predicted molar refractivity (Wildman–Crippen MR) is 118 cm³/mol. The molecule has 1 atom stereocenters. The third-order valence-electron chi connectivity index (χ3n) is 4.58. The van der Waals surface area contributed by atoms with Crippen LogP contribution >= 0.6 is 45.9 Å². The highest BCUT2D eigenvalue weighted by Crippen LogP contribution is 2.33. The number of thiazole rings is 1. The summed E-state index contributed by atoms with van der Waals surface area (Å²) in [7, 11) is 1.30. The van der Waals surface area contributed by atoms with E-state index in [0.717, 1.165) is 16.2 Å². The highest BCUT2D eigenvalue weighted by Gasteiger charge is 2.33. The lowest BCUT2D eigenvalue weighted by Crippen LogP contribution is -2.39. The minimum atomic E-state index is -0.646. The first-order chi connectivity index (χ1) is 14.3. The first-order valence-corrected chi connectivity index (χ1v) is 11.1. The number of phenols is 1. The van der Waals surface area contributed by atoms with Crippen molar-refractivity contribution in [2.45, 2.75) is 13.0 Å². The van der Waals surface area contributed by atoms with Gasteiger partial charge in [-0.15, -0.1) is 11.3 Å². The van der Waals surface area contributed by atoms with Gasteiger partial charge in [-0.2, -0.15) is 0 Å². The summed E-state index contributed by atoms with van der Waals surface area (Å²) in [6, 6.07) is 6.00. The summed E-state index contributed by atoms with van der Waals surface area (Å²) in [5, 5.41) is 12.5. The lowest BCUT2D eigenvalue weighted by atomic mass is 10.0. The van der Waals surface area contributed by atoms with Gasteiger partial charge in [0.25, 0.3) is 5.56 Å². The first-order valence-electron chi connectivity index (χ1n) is 8.64. The van der Waals surface area contributed by atoms with Gasteiger partial charge in [0, 0.05) is 15.5 Å². The summed E-state index contributed by atoms with van der Waals surface area (Å²) < 4.78 is 6.75. The van der Waals surface area contributed by atoms with Crippen molar-refractivity contribution in [2.24, 2.45) is 4.99 Å². The van der Waals surface area contributed by atoms with Gasteiger partial charge in [-0.1, -0.05) is 40.6 Å². The van der Waals surface area contributed by atoms with Crippen LogP contribution in [0.5, 0.6) is 5.75 Å². The van der Waals surface area contributed by atoms with Crippen LogP contribution in [0, 0.1) is 0 Å². The first kappa shape index (κ1) is 20.9. The second-order valence-corrected chi connectivity index (χ2v) is 9.25. The average molecular weight is 481 g/mol. The Kier molecular flexibility index (Phi) is 5.59. The SMILES string of the molecule is COC(=O)C1=C(C)N=c2sc(=Cc3cc(Cl)cc(Cl)c3O)c(=O)n2C1c1cccs1. The van der Waals surface area contributed by atoms with Gasteiger partial charge in [-0.05, 0) is 36.6 Å². The molecule has 0 saturated heterocycles. The third-order valence-corrected chi connectivity index (χ3v) is 7.00. The number of phenolic OH excluding ortho intramolecular Hbond substituents is 1. The Morgan fingerprint density at radius 2 is 2.13 bits per heavy atom. The van der Waals surface area contributed by atoms with E-state index in [1.54, 1.807) is 6.92 Å². The van der Waals surface area contributed by atoms with Crippen molar-refractivity contribution in [3.05, 3.63) is 81.1 Å². The Bertz CT molecular complexity index is 1370. The van der Waals surface area contributed by atoms with Crippen LogP contribution in [0.4, 0.5) is 0 Å². The molecule has 10 heteroatoms. The summed E-state index contributed by atoms with van der Waals surface area (Å²) >= 11 is 14.6. The number of nitrogens with zero attached hydrogens (tertiary/aromatic N) is 2. The molecule has 1 aromatic carbocycles. The lowest BCUT2D eigenvalue weighted by Gasteiger charge is -2.22. The molecule has 3 heterocycles. The largest absolute Gasteiger partial charge is 0.506 e. The number of benzene rings is 1. The Balaban J connectivity index is 1.99. The van der Waals surface area contributed by atoms with Gasteiger partial charge in [-0.3, -0.25) is 9.36 Å². The minimum Gasteiger partial charge on any atom is -0.506 e. The highest BCUT2D eigenvalue weighted by atomic mass is 35.5. The van der Waals surface area contributed by atoms with Crippen molar-refractivity contribution in [1.29, 1.82) is 0 Å². The molecule has 0 spiro atoms. The number of aromatic nitrogens is 1. The second-order valence-electron chi connectivity index (χ2n) is 6.41. The molecule has 1 aliphatic heterocycles. The summed E-state index contributed by atoms with van der Waals surface area (Å²) in [6.45, 7) is 1.71. The molecule has 2 aromatic heterocycles. The van der Waals surface area contributed by atoms with Crippen LogP contribution in [0.2, 0.25) is 10.0 Å². The van der Waals surface area contributed by atoms with Crippen LogP contribution < -0.4 is 14.9 Å². The number of aromatic hydroxyl groups is 1. The molecule has 0 saturated carbocycles. The number of carbonyl (C=O) groups excluding carboxylic acids is 1. The van der Waals surface area contributed by atoms with E-state index in [1.165, 1.54) is 41.2 Å². The van der Waals surface area contributed by atoms with Gasteiger partial charge in [0.2, 0.25) is 0 Å². The van der Waals surface area contributed by atoms with Crippen molar-refractivity contribution in [3.63, 3.8) is 0 Å². The van der Waals surface area contributed by atoms with Crippen LogP contribution in [0.3, 0.4) is 0 Å². The Labute approximate surface area is 188 Å². The Morgan fingerprint density at radius 1 is 1.37 bits per heavy atom. The molecule has 0 amide bonds. The number of fused-ring (bicyclic) bond motifs is 1. The minimum absolute atomic E-state index is 0.0850. The van der Waals surface area contributed by atoms with E-state index in [9.17, 15) is 14.7 Å². The maximum atomic E-state index is 13.3. The van der Waals surface area contributed by atoms with Gasteiger partial charge in [0.15, 0.2) is 4.80 Å². The lowest BCUT2D eigenvalue weighted by molar-refractivity contribution is -0.136. The van der Waals surface area contributed by atoms with E-state index in [1.807, 2.05) is 17.5 Å². The standard InChI is InChI=1S/C20H14Cl2N2O4S2/c1-9-15(19(27)28-2)16(13-4-3-5-29-13)24-18(26)14(30-20(24)23-9)7-10-6-11(21)8-12(22)17(10)25/h3-8,16,25H,1-2H3. The fraction of sp³-hybridized carbons (Fsp3) is 0.150. The number of methoxy groups -OCH3 is 1. The maximum Gasteiger partial charge on any atom is 0.338 e. The molecule has 0 aliphatic carbocycles. The normalized spacial score (nSPS) is 16.4. The van der Waals surface area contributed by atoms with Crippen molar-refractivity contribution in [2.75, 3.05) is 7.11 Å². The van der Waals surface area contributed by atoms with E-state index in [2.05, 4.69) is 4.99 Å². The molecule has 3 aromatic rings. The predicted octanol–water partition coefficient (Wildman–Crippen LogP) is 3.48. The van der Waals surface area contributed by atoms with Gasteiger partial charge in [0.1, 0.15) is 11.8 Å². The van der Waals surface area contributed by atoms with Gasteiger partial charge >= 0.3 is 5.97 Å². The van der Waals surface area contributed by atoms with Crippen LogP contribution in [-0.4, -0.2) is 22.8 Å². The topological polar surface area (TPSA) is 80.9 Å². The number of rotatable bonds is 3. The number of hydrogen-bond acceptors (Lipinski definition) is 7. The molecule has 1 N–H and O–H groups in total. The van der Waals surface area contributed by atoms with E-state index in [-0.39, 0.29) is 16.3 Å². The van der Waals surface area contributed by atoms with Crippen molar-refractivity contribution in [3.8, 4) is 5.75 Å². The number of ether oxygens (including phenoxy) is 1. The number of hydrogen-bond donors (Lipinski definition) is 1. The van der Waals surface area contributed by atoms with E-state index in [0.29, 0.717) is 31.2 Å². The van der Waals surface area contributed by atoms with Gasteiger partial charge in [-0.25, -0.2) is 9.79 Å². The molecule has 30 heavy (non-hydrogen) atoms. The van der Waals surface area contributed by atoms with Crippen LogP contribution in [0.25, 0.3) is 6.08 Å². The zero-order valence-electron chi connectivity index (χ0n) is 15.7. The van der Waals surface area contributed by atoms with E-state index in [4.69, 9.17) is 27.9 Å². The van der Waals surface area contributed by atoms with Crippen LogP contribution in [-0.2, 0) is 9.53 Å². The molecule has 0 fully saturated rings. The smallest absolute Gasteiger partial charge is 0.338 e. The summed E-state index contributed by atoms with van der Waals surface area (Å²) in [4.78, 5) is 31.6. The number of thiophene rings is 1. The molecule has 4 rings (SSSR count). The maximum absolute atomic E-state index is 13.3. The highest BCUT2D eigenvalue weighted by molar-refractivity contribution is 7.10. The van der Waals surface area contributed by atoms with Crippen molar-refractivity contribution < 1.29 is 14.6 Å². The van der Waals surface area contributed by atoms with Crippen molar-refractivity contribution >= 4 is 57.9 Å². The fourth-order valence-electron chi connectivity index (χ4n) is 3.25. The number of esters is 1. The molecular formula is C20H14Cl2N2O4S2. The monoisotopic (exact) mass is 480 g/mol. The Morgan fingerprint density at radius 3 is 2.80 bits per heavy atom. The molecular weight excluding hydrogens is 467 g/mol. The van der Waals surface area contributed by atoms with Gasteiger partial charge < -0.3 is 9.84 Å². The second kappa shape index (κ2) is 8.03. The molecule has 1 aliphatic rings. The van der Waals surface area contributed by atoms with E-state index >= 15 is 0 Å². The number of allylic oxidation sites excluding steroid dienone is 1. The van der Waals surface area contributed by atoms with Crippen molar-refractivity contribution in [1.82, 2.24) is 4.57 Å². The summed E-state index contributed by atoms with van der Waals surface area (Å²) in [6.07, 6.45) is 1.51. The molecule has 6 nitrogen and oxygen atoms in total. The molecule has 0 bridgehead atoms. The molecule has 0 radical (unpaired) electrons. The Hall–Kier alpha value is -2.39. The molecule has 154 valence electrons.